The summed E-state index contributed by atoms with van der Waals surface area (Å²) in [6.45, 7) is 0. The van der Waals surface area contributed by atoms with Crippen LogP contribution in [0.5, 0.6) is 0 Å². The van der Waals surface area contributed by atoms with E-state index in [1.165, 1.54) is 0 Å². The average Bonchev–Trinajstić information content (AvgIpc) is 2.17. The van der Waals surface area contributed by atoms with E-state index in [4.69, 9.17) is 0 Å². The third-order valence-corrected chi connectivity index (χ3v) is 2.40. The van der Waals surface area contributed by atoms with Crippen LogP contribution in [0.1, 0.15) is 0 Å². The summed E-state index contributed by atoms with van der Waals surface area (Å²) in [6.07, 6.45) is 0.999. The summed E-state index contributed by atoms with van der Waals surface area (Å²) >= 11 is 3.27. The maximum atomic E-state index is 13.4. The fourth-order valence-electron chi connectivity index (χ4n) is 1.26. The van der Waals surface area contributed by atoms with Gasteiger partial charge in [0, 0.05) is 16.1 Å². The van der Waals surface area contributed by atoms with Gasteiger partial charge in [-0.2, -0.15) is 0 Å². The van der Waals surface area contributed by atoms with Gasteiger partial charge in [0.25, 0.3) is 0 Å². The number of hydrogen-bond acceptors (Lipinski definition) is 1. The van der Waals surface area contributed by atoms with Gasteiger partial charge in [0.15, 0.2) is 5.82 Å². The molecule has 4 heteroatoms. The lowest BCUT2D eigenvalue weighted by Gasteiger charge is -2.02. The first kappa shape index (κ1) is 10.2. The Balaban J connectivity index is 2.54. The molecule has 76 valence electrons. The molecule has 0 radical (unpaired) electrons. The highest BCUT2D eigenvalue weighted by atomic mass is 79.9. The van der Waals surface area contributed by atoms with Crippen molar-refractivity contribution in [2.45, 2.75) is 0 Å². The standard InChI is InChI=1S/C11H6BrF2N/c12-8-3-1-2-7(4-8)11-10(14)5-9(13)6-15-11/h1-6H. The maximum absolute atomic E-state index is 13.4. The number of nitrogens with zero attached hydrogens (tertiary/aromatic N) is 1. The minimum Gasteiger partial charge on any atom is -0.250 e. The lowest BCUT2D eigenvalue weighted by molar-refractivity contribution is 0.576. The Morgan fingerprint density at radius 1 is 1.13 bits per heavy atom. The van der Waals surface area contributed by atoms with E-state index in [2.05, 4.69) is 20.9 Å². The SMILES string of the molecule is Fc1cnc(-c2cccc(Br)c2)c(F)c1. The predicted molar refractivity (Wildman–Crippen MR) is 57.3 cm³/mol. The minimum absolute atomic E-state index is 0.151. The smallest absolute Gasteiger partial charge is 0.152 e. The molecule has 0 bridgehead atoms. The van der Waals surface area contributed by atoms with Gasteiger partial charge in [-0.3, -0.25) is 4.98 Å². The van der Waals surface area contributed by atoms with Gasteiger partial charge in [0.05, 0.1) is 6.20 Å². The molecule has 0 amide bonds. The van der Waals surface area contributed by atoms with Gasteiger partial charge >= 0.3 is 0 Å². The van der Waals surface area contributed by atoms with Crippen LogP contribution in [-0.4, -0.2) is 4.98 Å². The van der Waals surface area contributed by atoms with Gasteiger partial charge < -0.3 is 0 Å². The zero-order valence-corrected chi connectivity index (χ0v) is 9.13. The van der Waals surface area contributed by atoms with Crippen LogP contribution in [0.2, 0.25) is 0 Å². The van der Waals surface area contributed by atoms with Crippen LogP contribution >= 0.6 is 15.9 Å². The summed E-state index contributed by atoms with van der Waals surface area (Å²) in [7, 11) is 0. The molecule has 15 heavy (non-hydrogen) atoms. The maximum Gasteiger partial charge on any atom is 0.152 e. The minimum atomic E-state index is -0.675. The zero-order valence-electron chi connectivity index (χ0n) is 7.55. The average molecular weight is 270 g/mol. The summed E-state index contributed by atoms with van der Waals surface area (Å²) in [4.78, 5) is 3.72. The highest BCUT2D eigenvalue weighted by Gasteiger charge is 2.07. The first-order valence-corrected chi connectivity index (χ1v) is 5.03. The van der Waals surface area contributed by atoms with Gasteiger partial charge in [0.2, 0.25) is 0 Å². The van der Waals surface area contributed by atoms with Crippen molar-refractivity contribution in [1.29, 1.82) is 0 Å². The van der Waals surface area contributed by atoms with E-state index in [1.807, 2.05) is 6.07 Å². The Hall–Kier alpha value is -1.29. The summed E-state index contributed by atoms with van der Waals surface area (Å²) in [5.74, 6) is -1.33. The van der Waals surface area contributed by atoms with Crippen molar-refractivity contribution in [1.82, 2.24) is 4.98 Å². The highest BCUT2D eigenvalue weighted by Crippen LogP contribution is 2.23. The second-order valence-corrected chi connectivity index (χ2v) is 3.91. The van der Waals surface area contributed by atoms with Crippen molar-refractivity contribution >= 4 is 15.9 Å². The fourth-order valence-corrected chi connectivity index (χ4v) is 1.66. The molecule has 0 N–H and O–H groups in total. The Morgan fingerprint density at radius 3 is 2.60 bits per heavy atom. The van der Waals surface area contributed by atoms with E-state index in [1.54, 1.807) is 18.2 Å². The van der Waals surface area contributed by atoms with Crippen molar-refractivity contribution in [3.8, 4) is 11.3 Å². The number of benzene rings is 1. The van der Waals surface area contributed by atoms with Crippen LogP contribution in [0.15, 0.2) is 41.0 Å². The summed E-state index contributed by atoms with van der Waals surface area (Å²) in [5.41, 5.74) is 0.763. The first-order chi connectivity index (χ1) is 7.16. The molecule has 0 atom stereocenters. The van der Waals surface area contributed by atoms with Crippen LogP contribution in [0.3, 0.4) is 0 Å². The topological polar surface area (TPSA) is 12.9 Å². The molecule has 1 nitrogen and oxygen atoms in total. The van der Waals surface area contributed by atoms with Crippen molar-refractivity contribution in [3.05, 3.63) is 52.6 Å². The number of halogens is 3. The molecule has 1 heterocycles. The van der Waals surface area contributed by atoms with Gasteiger partial charge in [0.1, 0.15) is 11.5 Å². The molecule has 0 saturated heterocycles. The van der Waals surface area contributed by atoms with E-state index in [0.717, 1.165) is 16.7 Å². The Kier molecular flexibility index (Phi) is 2.77. The molecular formula is C11H6BrF2N. The second-order valence-electron chi connectivity index (χ2n) is 2.99. The molecule has 0 unspecified atom stereocenters. The normalized spacial score (nSPS) is 10.3. The van der Waals surface area contributed by atoms with Crippen molar-refractivity contribution in [2.75, 3.05) is 0 Å². The van der Waals surface area contributed by atoms with Crippen LogP contribution in [0.25, 0.3) is 11.3 Å². The molecule has 1 aromatic heterocycles. The molecule has 0 fully saturated rings. The van der Waals surface area contributed by atoms with Crippen LogP contribution in [-0.2, 0) is 0 Å². The van der Waals surface area contributed by atoms with Gasteiger partial charge in [-0.1, -0.05) is 28.1 Å². The molecule has 0 aliphatic heterocycles. The third-order valence-electron chi connectivity index (χ3n) is 1.91. The molecule has 2 aromatic rings. The number of hydrogen-bond donors (Lipinski definition) is 0. The monoisotopic (exact) mass is 269 g/mol. The summed E-state index contributed by atoms with van der Waals surface area (Å²) < 4.78 is 26.8. The first-order valence-electron chi connectivity index (χ1n) is 4.24. The lowest BCUT2D eigenvalue weighted by atomic mass is 10.1. The summed E-state index contributed by atoms with van der Waals surface area (Å²) in [5, 5.41) is 0. The lowest BCUT2D eigenvalue weighted by Crippen LogP contribution is -1.90. The summed E-state index contributed by atoms with van der Waals surface area (Å²) in [6, 6.07) is 7.86. The number of aromatic nitrogens is 1. The van der Waals surface area contributed by atoms with Gasteiger partial charge in [-0.05, 0) is 12.1 Å². The fraction of sp³-hybridized carbons (Fsp3) is 0. The van der Waals surface area contributed by atoms with E-state index in [0.29, 0.717) is 5.56 Å². The molecule has 0 aliphatic carbocycles. The molecule has 0 aliphatic rings. The van der Waals surface area contributed by atoms with E-state index >= 15 is 0 Å². The van der Waals surface area contributed by atoms with Crippen LogP contribution < -0.4 is 0 Å². The van der Waals surface area contributed by atoms with E-state index in [9.17, 15) is 8.78 Å². The Labute approximate surface area is 93.9 Å². The quantitative estimate of drug-likeness (QED) is 0.768. The highest BCUT2D eigenvalue weighted by molar-refractivity contribution is 9.10. The zero-order chi connectivity index (χ0) is 10.8. The molecule has 2 rings (SSSR count). The number of rotatable bonds is 1. The van der Waals surface area contributed by atoms with Gasteiger partial charge in [-0.15, -0.1) is 0 Å². The van der Waals surface area contributed by atoms with Gasteiger partial charge in [-0.25, -0.2) is 8.78 Å². The number of pyridine rings is 1. The van der Waals surface area contributed by atoms with Crippen LogP contribution in [0, 0.1) is 11.6 Å². The largest absolute Gasteiger partial charge is 0.250 e. The second kappa shape index (κ2) is 4.06. The van der Waals surface area contributed by atoms with Crippen molar-refractivity contribution < 1.29 is 8.78 Å². The van der Waals surface area contributed by atoms with E-state index < -0.39 is 11.6 Å². The van der Waals surface area contributed by atoms with Crippen molar-refractivity contribution in [2.24, 2.45) is 0 Å². The van der Waals surface area contributed by atoms with E-state index in [-0.39, 0.29) is 5.69 Å². The Bertz CT molecular complexity index is 500. The molecular weight excluding hydrogens is 264 g/mol. The molecule has 0 saturated carbocycles. The van der Waals surface area contributed by atoms with Crippen LogP contribution in [0.4, 0.5) is 8.78 Å². The third kappa shape index (κ3) is 2.21. The molecule has 1 aromatic carbocycles. The predicted octanol–water partition coefficient (Wildman–Crippen LogP) is 3.79. The molecule has 0 spiro atoms. The Morgan fingerprint density at radius 2 is 1.93 bits per heavy atom. The van der Waals surface area contributed by atoms with Crippen molar-refractivity contribution in [3.63, 3.8) is 0 Å².